The molecule has 3 nitrogen and oxygen atoms in total. The number of aliphatic hydroxyl groups excluding tert-OH is 2. The SMILES string of the molecule is CCC(CO)(CO)CC1CCCO1. The van der Waals surface area contributed by atoms with E-state index in [0.717, 1.165) is 32.3 Å². The van der Waals surface area contributed by atoms with Gasteiger partial charge in [0.05, 0.1) is 19.3 Å². The van der Waals surface area contributed by atoms with E-state index in [1.165, 1.54) is 0 Å². The first-order chi connectivity index (χ1) is 6.26. The molecule has 1 aliphatic rings. The van der Waals surface area contributed by atoms with Gasteiger partial charge >= 0.3 is 0 Å². The van der Waals surface area contributed by atoms with Crippen LogP contribution in [0.5, 0.6) is 0 Å². The summed E-state index contributed by atoms with van der Waals surface area (Å²) in [5, 5.41) is 18.4. The first kappa shape index (κ1) is 11.0. The maximum atomic E-state index is 9.22. The van der Waals surface area contributed by atoms with E-state index in [9.17, 15) is 10.2 Å². The molecule has 1 aliphatic heterocycles. The van der Waals surface area contributed by atoms with Crippen molar-refractivity contribution in [1.29, 1.82) is 0 Å². The molecule has 1 atom stereocenters. The largest absolute Gasteiger partial charge is 0.396 e. The van der Waals surface area contributed by atoms with Crippen LogP contribution in [0.4, 0.5) is 0 Å². The van der Waals surface area contributed by atoms with Crippen LogP contribution in [0.2, 0.25) is 0 Å². The molecule has 3 heteroatoms. The maximum Gasteiger partial charge on any atom is 0.0583 e. The Morgan fingerprint density at radius 3 is 2.46 bits per heavy atom. The number of aliphatic hydroxyl groups is 2. The molecule has 1 heterocycles. The summed E-state index contributed by atoms with van der Waals surface area (Å²) in [6, 6.07) is 0. The van der Waals surface area contributed by atoms with Crippen molar-refractivity contribution in [1.82, 2.24) is 0 Å². The minimum Gasteiger partial charge on any atom is -0.396 e. The summed E-state index contributed by atoms with van der Waals surface area (Å²) in [5.41, 5.74) is -0.324. The molecule has 78 valence electrons. The number of rotatable bonds is 5. The van der Waals surface area contributed by atoms with Crippen LogP contribution in [-0.2, 0) is 4.74 Å². The Bertz CT molecular complexity index is 129. The van der Waals surface area contributed by atoms with Crippen molar-refractivity contribution in [2.75, 3.05) is 19.8 Å². The first-order valence-electron chi connectivity index (χ1n) is 5.09. The molecule has 0 spiro atoms. The summed E-state index contributed by atoms with van der Waals surface area (Å²) < 4.78 is 5.49. The molecular weight excluding hydrogens is 168 g/mol. The van der Waals surface area contributed by atoms with Crippen LogP contribution in [0.1, 0.15) is 32.6 Å². The first-order valence-corrected chi connectivity index (χ1v) is 5.09. The van der Waals surface area contributed by atoms with Crippen molar-refractivity contribution in [2.24, 2.45) is 5.41 Å². The molecule has 0 radical (unpaired) electrons. The topological polar surface area (TPSA) is 49.7 Å². The molecule has 1 saturated heterocycles. The van der Waals surface area contributed by atoms with Crippen LogP contribution >= 0.6 is 0 Å². The van der Waals surface area contributed by atoms with Gasteiger partial charge in [-0.1, -0.05) is 6.92 Å². The van der Waals surface area contributed by atoms with E-state index in [2.05, 4.69) is 0 Å². The predicted octanol–water partition coefficient (Wildman–Crippen LogP) is 0.936. The van der Waals surface area contributed by atoms with Crippen molar-refractivity contribution < 1.29 is 14.9 Å². The van der Waals surface area contributed by atoms with E-state index in [1.807, 2.05) is 6.92 Å². The Hall–Kier alpha value is -0.120. The van der Waals surface area contributed by atoms with Crippen LogP contribution in [0.25, 0.3) is 0 Å². The summed E-state index contributed by atoms with van der Waals surface area (Å²) in [6.45, 7) is 2.95. The van der Waals surface area contributed by atoms with E-state index >= 15 is 0 Å². The fourth-order valence-corrected chi connectivity index (χ4v) is 1.84. The highest BCUT2D eigenvalue weighted by Crippen LogP contribution is 2.31. The van der Waals surface area contributed by atoms with Crippen molar-refractivity contribution >= 4 is 0 Å². The highest BCUT2D eigenvalue weighted by molar-refractivity contribution is 4.81. The highest BCUT2D eigenvalue weighted by Gasteiger charge is 2.31. The molecule has 0 aromatic heterocycles. The summed E-state index contributed by atoms with van der Waals surface area (Å²) in [7, 11) is 0. The van der Waals surface area contributed by atoms with Gasteiger partial charge in [0.1, 0.15) is 0 Å². The predicted molar refractivity (Wildman–Crippen MR) is 50.5 cm³/mol. The molecule has 0 amide bonds. The molecular formula is C10H20O3. The van der Waals surface area contributed by atoms with Gasteiger partial charge in [0.15, 0.2) is 0 Å². The van der Waals surface area contributed by atoms with Gasteiger partial charge in [-0.2, -0.15) is 0 Å². The lowest BCUT2D eigenvalue weighted by atomic mass is 9.81. The molecule has 2 N–H and O–H groups in total. The monoisotopic (exact) mass is 188 g/mol. The standard InChI is InChI=1S/C10H20O3/c1-2-10(7-11,8-12)6-9-4-3-5-13-9/h9,11-12H,2-8H2,1H3. The molecule has 0 saturated carbocycles. The molecule has 0 aliphatic carbocycles. The second kappa shape index (κ2) is 4.94. The third-order valence-electron chi connectivity index (χ3n) is 3.11. The van der Waals surface area contributed by atoms with Gasteiger partial charge in [-0.3, -0.25) is 0 Å². The fourth-order valence-electron chi connectivity index (χ4n) is 1.84. The van der Waals surface area contributed by atoms with Crippen molar-refractivity contribution in [3.63, 3.8) is 0 Å². The molecule has 1 rings (SSSR count). The lowest BCUT2D eigenvalue weighted by molar-refractivity contribution is -0.00573. The van der Waals surface area contributed by atoms with E-state index in [4.69, 9.17) is 4.74 Å². The van der Waals surface area contributed by atoms with Gasteiger partial charge < -0.3 is 14.9 Å². The average molecular weight is 188 g/mol. The third-order valence-corrected chi connectivity index (χ3v) is 3.11. The molecule has 1 fully saturated rings. The second-order valence-corrected chi connectivity index (χ2v) is 4.01. The molecule has 13 heavy (non-hydrogen) atoms. The number of ether oxygens (including phenoxy) is 1. The van der Waals surface area contributed by atoms with Gasteiger partial charge in [0.25, 0.3) is 0 Å². The number of hydrogen-bond acceptors (Lipinski definition) is 3. The fraction of sp³-hybridized carbons (Fsp3) is 1.00. The zero-order valence-electron chi connectivity index (χ0n) is 8.33. The van der Waals surface area contributed by atoms with Crippen molar-refractivity contribution in [3.05, 3.63) is 0 Å². The van der Waals surface area contributed by atoms with Gasteiger partial charge in [0, 0.05) is 12.0 Å². The van der Waals surface area contributed by atoms with Crippen LogP contribution in [0, 0.1) is 5.41 Å². The minimum absolute atomic E-state index is 0.0554. The molecule has 0 aromatic carbocycles. The Morgan fingerprint density at radius 2 is 2.08 bits per heavy atom. The Morgan fingerprint density at radius 1 is 1.38 bits per heavy atom. The van der Waals surface area contributed by atoms with Crippen molar-refractivity contribution in [3.8, 4) is 0 Å². The van der Waals surface area contributed by atoms with Crippen molar-refractivity contribution in [2.45, 2.75) is 38.7 Å². The van der Waals surface area contributed by atoms with Crippen LogP contribution in [0.3, 0.4) is 0 Å². The van der Waals surface area contributed by atoms with Gasteiger partial charge in [-0.05, 0) is 25.7 Å². The Balaban J connectivity index is 2.44. The lowest BCUT2D eigenvalue weighted by Crippen LogP contribution is -2.33. The number of hydrogen-bond donors (Lipinski definition) is 2. The summed E-state index contributed by atoms with van der Waals surface area (Å²) in [6.07, 6.45) is 4.03. The summed E-state index contributed by atoms with van der Waals surface area (Å²) >= 11 is 0. The zero-order chi connectivity index (χ0) is 9.73. The van der Waals surface area contributed by atoms with Crippen LogP contribution in [0.15, 0.2) is 0 Å². The third kappa shape index (κ3) is 2.66. The van der Waals surface area contributed by atoms with Crippen LogP contribution < -0.4 is 0 Å². The Labute approximate surface area is 79.7 Å². The van der Waals surface area contributed by atoms with E-state index in [-0.39, 0.29) is 24.7 Å². The highest BCUT2D eigenvalue weighted by atomic mass is 16.5. The van der Waals surface area contributed by atoms with Gasteiger partial charge in [0.2, 0.25) is 0 Å². The summed E-state index contributed by atoms with van der Waals surface area (Å²) in [4.78, 5) is 0. The maximum absolute atomic E-state index is 9.22. The van der Waals surface area contributed by atoms with Crippen LogP contribution in [-0.4, -0.2) is 36.1 Å². The smallest absolute Gasteiger partial charge is 0.0583 e. The quantitative estimate of drug-likeness (QED) is 0.675. The van der Waals surface area contributed by atoms with E-state index in [0.29, 0.717) is 0 Å². The summed E-state index contributed by atoms with van der Waals surface area (Å²) in [5.74, 6) is 0. The lowest BCUT2D eigenvalue weighted by Gasteiger charge is -2.30. The van der Waals surface area contributed by atoms with Gasteiger partial charge in [-0.25, -0.2) is 0 Å². The molecule has 1 unspecified atom stereocenters. The van der Waals surface area contributed by atoms with Gasteiger partial charge in [-0.15, -0.1) is 0 Å². The second-order valence-electron chi connectivity index (χ2n) is 4.01. The van der Waals surface area contributed by atoms with E-state index < -0.39 is 0 Å². The molecule has 0 aromatic rings. The molecule has 0 bridgehead atoms. The minimum atomic E-state index is -0.324. The average Bonchev–Trinajstić information content (AvgIpc) is 2.67. The normalized spacial score (nSPS) is 23.8. The zero-order valence-corrected chi connectivity index (χ0v) is 8.33. The Kier molecular flexibility index (Phi) is 4.16. The van der Waals surface area contributed by atoms with E-state index in [1.54, 1.807) is 0 Å².